The van der Waals surface area contributed by atoms with Crippen LogP contribution in [-0.4, -0.2) is 40.6 Å². The number of carbonyl (C=O) groups is 2. The average Bonchev–Trinajstić information content (AvgIpc) is 2.68. The first-order chi connectivity index (χ1) is 13.9. The number of carboxylic acid groups (broad SMARTS) is 1. The molecule has 0 atom stereocenters. The van der Waals surface area contributed by atoms with Gasteiger partial charge >= 0.3 is 14.8 Å². The fourth-order valence-corrected chi connectivity index (χ4v) is 5.47. The Kier molecular flexibility index (Phi) is 12.1. The molecular formula is C21H31O7Si-. The van der Waals surface area contributed by atoms with Gasteiger partial charge in [0.25, 0.3) is 0 Å². The number of benzene rings is 1. The lowest BCUT2D eigenvalue weighted by atomic mass is 10.2. The summed E-state index contributed by atoms with van der Waals surface area (Å²) in [7, 11) is -2.62. The highest BCUT2D eigenvalue weighted by Gasteiger charge is 2.39. The molecule has 0 spiro atoms. The Morgan fingerprint density at radius 2 is 1.52 bits per heavy atom. The van der Waals surface area contributed by atoms with Crippen molar-refractivity contribution in [2.45, 2.75) is 52.5 Å². The summed E-state index contributed by atoms with van der Waals surface area (Å²) in [5.74, 6) is -1.13. The van der Waals surface area contributed by atoms with Crippen LogP contribution in [0.3, 0.4) is 0 Å². The van der Waals surface area contributed by atoms with Crippen molar-refractivity contribution in [1.29, 1.82) is 0 Å². The molecular weight excluding hydrogens is 392 g/mol. The first kappa shape index (κ1) is 25.0. The van der Waals surface area contributed by atoms with Crippen LogP contribution in [0.1, 0.15) is 52.0 Å². The molecule has 162 valence electrons. The Labute approximate surface area is 174 Å². The molecule has 29 heavy (non-hydrogen) atoms. The number of ether oxygens (including phenoxy) is 1. The molecule has 0 bridgehead atoms. The first-order valence-corrected chi connectivity index (χ1v) is 12.0. The summed E-state index contributed by atoms with van der Waals surface area (Å²) in [4.78, 5) is 22.4. The Morgan fingerprint density at radius 1 is 0.931 bits per heavy atom. The van der Waals surface area contributed by atoms with Crippen LogP contribution in [0.15, 0.2) is 30.3 Å². The van der Waals surface area contributed by atoms with Gasteiger partial charge in [-0.15, -0.1) is 0 Å². The predicted octanol–water partition coefficient (Wildman–Crippen LogP) is 2.96. The number of carboxylic acids is 1. The number of carbonyl (C=O) groups excluding carboxylic acids is 2. The summed E-state index contributed by atoms with van der Waals surface area (Å²) < 4.78 is 22.8. The quantitative estimate of drug-likeness (QED) is 0.141. The largest absolute Gasteiger partial charge is 0.545 e. The third-order valence-corrected chi connectivity index (χ3v) is 7.13. The first-order valence-electron chi connectivity index (χ1n) is 10.1. The van der Waals surface area contributed by atoms with Crippen molar-refractivity contribution in [2.75, 3.05) is 19.8 Å². The topological polar surface area (TPSA) is 94.1 Å². The highest BCUT2D eigenvalue weighted by molar-refractivity contribution is 6.60. The zero-order valence-corrected chi connectivity index (χ0v) is 18.5. The Morgan fingerprint density at radius 3 is 2.03 bits per heavy atom. The number of hydrogen-bond acceptors (Lipinski definition) is 7. The van der Waals surface area contributed by atoms with Crippen molar-refractivity contribution >= 4 is 26.8 Å². The van der Waals surface area contributed by atoms with Crippen LogP contribution in [-0.2, 0) is 22.9 Å². The van der Waals surface area contributed by atoms with Crippen LogP contribution < -0.4 is 9.84 Å². The summed E-state index contributed by atoms with van der Waals surface area (Å²) in [6.07, 6.45) is 5.10. The fourth-order valence-electron chi connectivity index (χ4n) is 2.78. The predicted molar refractivity (Wildman–Crippen MR) is 110 cm³/mol. The summed E-state index contributed by atoms with van der Waals surface area (Å²) in [6.45, 7) is 7.47. The average molecular weight is 424 g/mol. The van der Waals surface area contributed by atoms with E-state index < -0.39 is 14.8 Å². The maximum atomic E-state index is 12.0. The van der Waals surface area contributed by atoms with Crippen LogP contribution in [0.4, 0.5) is 0 Å². The Balaban J connectivity index is 2.36. The SMILES string of the molecule is CCO[Si](CCCCCC(=O)Oc1ccc(/C=C/C(=O)[O-])cc1)(OCC)OCC. The standard InChI is InChI=1S/C21H32O7Si/c1-4-25-29(26-5-2,27-6-3)17-9-7-8-10-21(24)28-19-14-11-18(12-15-19)13-16-20(22)23/h11-16H,4-10,17H2,1-3H3,(H,22,23)/p-1/b16-13+. The molecule has 0 heterocycles. The summed E-state index contributed by atoms with van der Waals surface area (Å²) in [5.41, 5.74) is 0.680. The number of hydrogen-bond donors (Lipinski definition) is 0. The van der Waals surface area contributed by atoms with Gasteiger partial charge in [-0.25, -0.2) is 0 Å². The second-order valence-electron chi connectivity index (χ2n) is 6.24. The second kappa shape index (κ2) is 14.1. The summed E-state index contributed by atoms with van der Waals surface area (Å²) >= 11 is 0. The zero-order valence-electron chi connectivity index (χ0n) is 17.5. The van der Waals surface area contributed by atoms with Crippen LogP contribution in [0, 0.1) is 0 Å². The van der Waals surface area contributed by atoms with E-state index >= 15 is 0 Å². The molecule has 0 fully saturated rings. The molecule has 7 nitrogen and oxygen atoms in total. The molecule has 0 radical (unpaired) electrons. The van der Waals surface area contributed by atoms with E-state index in [4.69, 9.17) is 18.0 Å². The third kappa shape index (κ3) is 10.4. The van der Waals surface area contributed by atoms with Crippen LogP contribution in [0.25, 0.3) is 6.08 Å². The van der Waals surface area contributed by atoms with Gasteiger partial charge in [0, 0.05) is 32.3 Å². The van der Waals surface area contributed by atoms with E-state index in [2.05, 4.69) is 0 Å². The molecule has 0 aromatic heterocycles. The molecule has 0 aliphatic carbocycles. The lowest BCUT2D eigenvalue weighted by Gasteiger charge is -2.28. The Bertz CT molecular complexity index is 626. The smallest absolute Gasteiger partial charge is 0.500 e. The van der Waals surface area contributed by atoms with Crippen molar-refractivity contribution in [1.82, 2.24) is 0 Å². The molecule has 1 rings (SSSR count). The van der Waals surface area contributed by atoms with Gasteiger partial charge in [0.1, 0.15) is 5.75 Å². The molecule has 0 aliphatic heterocycles. The van der Waals surface area contributed by atoms with Gasteiger partial charge in [-0.3, -0.25) is 4.79 Å². The minimum Gasteiger partial charge on any atom is -0.545 e. The van der Waals surface area contributed by atoms with Gasteiger partial charge in [-0.05, 0) is 57.4 Å². The van der Waals surface area contributed by atoms with E-state index in [0.29, 0.717) is 44.0 Å². The van der Waals surface area contributed by atoms with Crippen LogP contribution in [0.2, 0.25) is 6.04 Å². The number of aliphatic carboxylic acids is 1. The van der Waals surface area contributed by atoms with Gasteiger partial charge in [0.2, 0.25) is 0 Å². The van der Waals surface area contributed by atoms with E-state index in [0.717, 1.165) is 25.0 Å². The molecule has 0 unspecified atom stereocenters. The number of unbranched alkanes of at least 4 members (excludes halogenated alkanes) is 2. The fraction of sp³-hybridized carbons (Fsp3) is 0.524. The minimum atomic E-state index is -2.62. The van der Waals surface area contributed by atoms with Crippen LogP contribution in [0.5, 0.6) is 5.75 Å². The molecule has 1 aromatic carbocycles. The van der Waals surface area contributed by atoms with Gasteiger partial charge in [0.05, 0.1) is 5.97 Å². The van der Waals surface area contributed by atoms with Crippen molar-refractivity contribution in [3.63, 3.8) is 0 Å². The number of rotatable bonds is 15. The van der Waals surface area contributed by atoms with E-state index in [9.17, 15) is 14.7 Å². The molecule has 1 aromatic rings. The highest BCUT2D eigenvalue weighted by Crippen LogP contribution is 2.21. The van der Waals surface area contributed by atoms with Gasteiger partial charge in [-0.1, -0.05) is 24.6 Å². The zero-order chi connectivity index (χ0) is 21.5. The normalized spacial score (nSPS) is 11.7. The van der Waals surface area contributed by atoms with Gasteiger partial charge in [0.15, 0.2) is 0 Å². The summed E-state index contributed by atoms with van der Waals surface area (Å²) in [6, 6.07) is 7.32. The van der Waals surface area contributed by atoms with Gasteiger partial charge in [-0.2, -0.15) is 0 Å². The van der Waals surface area contributed by atoms with E-state index in [-0.39, 0.29) is 5.97 Å². The van der Waals surface area contributed by atoms with E-state index in [1.165, 1.54) is 6.08 Å². The molecule has 0 saturated carbocycles. The van der Waals surface area contributed by atoms with E-state index in [1.54, 1.807) is 24.3 Å². The molecule has 8 heteroatoms. The molecule has 0 amide bonds. The minimum absolute atomic E-state index is 0.300. The van der Waals surface area contributed by atoms with Crippen LogP contribution >= 0.6 is 0 Å². The van der Waals surface area contributed by atoms with Gasteiger partial charge < -0.3 is 27.9 Å². The maximum absolute atomic E-state index is 12.0. The molecule has 0 saturated heterocycles. The van der Waals surface area contributed by atoms with Crippen molar-refractivity contribution in [3.05, 3.63) is 35.9 Å². The number of esters is 1. The highest BCUT2D eigenvalue weighted by atomic mass is 28.4. The van der Waals surface area contributed by atoms with Crippen molar-refractivity contribution in [2.24, 2.45) is 0 Å². The second-order valence-corrected chi connectivity index (χ2v) is 8.97. The van der Waals surface area contributed by atoms with E-state index in [1.807, 2.05) is 20.8 Å². The lowest BCUT2D eigenvalue weighted by molar-refractivity contribution is -0.297. The molecule has 0 N–H and O–H groups in total. The third-order valence-electron chi connectivity index (χ3n) is 3.98. The maximum Gasteiger partial charge on any atom is 0.500 e. The van der Waals surface area contributed by atoms with Crippen molar-refractivity contribution < 1.29 is 32.7 Å². The molecule has 0 aliphatic rings. The van der Waals surface area contributed by atoms with Crippen molar-refractivity contribution in [3.8, 4) is 5.75 Å². The summed E-state index contributed by atoms with van der Waals surface area (Å²) in [5, 5.41) is 10.4. The lowest BCUT2D eigenvalue weighted by Crippen LogP contribution is -2.45. The Hall–Kier alpha value is -2.00. The monoisotopic (exact) mass is 423 g/mol.